The van der Waals surface area contributed by atoms with E-state index in [-0.39, 0.29) is 35.7 Å². The topological polar surface area (TPSA) is 44.8 Å². The zero-order valence-corrected chi connectivity index (χ0v) is 18.9. The average Bonchev–Trinajstić information content (AvgIpc) is 3.07. The number of carbonyl (C=O) groups excluding carboxylic acids is 1. The van der Waals surface area contributed by atoms with Gasteiger partial charge in [-0.15, -0.1) is 0 Å². The second kappa shape index (κ2) is 7.85. The molecular weight excluding hydrogens is 352 g/mol. The lowest BCUT2D eigenvalue weighted by Gasteiger charge is -2.62. The van der Waals surface area contributed by atoms with Crippen molar-refractivity contribution in [2.24, 2.45) is 34.0 Å². The van der Waals surface area contributed by atoms with Gasteiger partial charge in [0, 0.05) is 31.0 Å². The fraction of sp³-hybridized carbons (Fsp3) is 0.875. The fourth-order valence-electron chi connectivity index (χ4n) is 7.35. The summed E-state index contributed by atoms with van der Waals surface area (Å²) in [6, 6.07) is 0. The van der Waals surface area contributed by atoms with Crippen molar-refractivity contribution >= 4 is 5.78 Å². The van der Waals surface area contributed by atoms with Crippen LogP contribution in [0.15, 0.2) is 12.2 Å². The van der Waals surface area contributed by atoms with Gasteiger partial charge < -0.3 is 14.2 Å². The van der Waals surface area contributed by atoms with Gasteiger partial charge in [0.15, 0.2) is 0 Å². The number of allylic oxidation sites excluding steroid dienone is 2. The van der Waals surface area contributed by atoms with Gasteiger partial charge in [-0.3, -0.25) is 4.79 Å². The molecule has 0 radical (unpaired) electrons. The third-order valence-electron chi connectivity index (χ3n) is 9.01. The highest BCUT2D eigenvalue weighted by molar-refractivity contribution is 5.89. The molecule has 0 spiro atoms. The Morgan fingerprint density at radius 3 is 2.43 bits per heavy atom. The molecule has 3 rings (SSSR count). The Labute approximate surface area is 171 Å². The molecule has 4 heteroatoms. The smallest absolute Gasteiger partial charge is 0.146 e. The summed E-state index contributed by atoms with van der Waals surface area (Å²) in [5.74, 6) is 1.26. The van der Waals surface area contributed by atoms with Crippen molar-refractivity contribution in [2.45, 2.75) is 78.9 Å². The molecule has 2 unspecified atom stereocenters. The molecule has 2 bridgehead atoms. The van der Waals surface area contributed by atoms with Crippen molar-refractivity contribution in [3.05, 3.63) is 12.2 Å². The van der Waals surface area contributed by atoms with E-state index in [1.54, 1.807) is 7.11 Å². The Bertz CT molecular complexity index is 616. The van der Waals surface area contributed by atoms with Crippen LogP contribution in [0.4, 0.5) is 0 Å². The van der Waals surface area contributed by atoms with Gasteiger partial charge in [0.2, 0.25) is 0 Å². The molecule has 160 valence electrons. The summed E-state index contributed by atoms with van der Waals surface area (Å²) in [7, 11) is 3.51. The Morgan fingerprint density at radius 1 is 1.14 bits per heavy atom. The quantitative estimate of drug-likeness (QED) is 0.487. The molecule has 3 aliphatic carbocycles. The van der Waals surface area contributed by atoms with Gasteiger partial charge in [0.1, 0.15) is 12.6 Å². The summed E-state index contributed by atoms with van der Waals surface area (Å²) >= 11 is 0. The minimum atomic E-state index is -0.506. The summed E-state index contributed by atoms with van der Waals surface area (Å²) in [6.45, 7) is 11.4. The van der Waals surface area contributed by atoms with Crippen LogP contribution in [0, 0.1) is 34.0 Å². The van der Waals surface area contributed by atoms with Gasteiger partial charge in [-0.2, -0.15) is 0 Å². The van der Waals surface area contributed by atoms with Gasteiger partial charge in [-0.05, 0) is 63.2 Å². The first-order valence-corrected chi connectivity index (χ1v) is 11.0. The van der Waals surface area contributed by atoms with Crippen LogP contribution in [0.3, 0.4) is 0 Å². The van der Waals surface area contributed by atoms with Crippen molar-refractivity contribution in [3.8, 4) is 0 Å². The fourth-order valence-corrected chi connectivity index (χ4v) is 7.35. The molecule has 28 heavy (non-hydrogen) atoms. The first kappa shape index (κ1) is 22.0. The SMILES string of the molecule is CC=C[C@]1(C)C[C@@H](OCOC)[C@@]2(C)C3[C@H](OC)CCC3(CC[C@H]2C)[C@@H](C)C1=O. The minimum Gasteiger partial charge on any atom is -0.381 e. The molecule has 0 amide bonds. The number of methoxy groups -OCH3 is 2. The number of ether oxygens (including phenoxy) is 3. The summed E-state index contributed by atoms with van der Waals surface area (Å²) in [6.07, 6.45) is 9.38. The molecule has 3 saturated carbocycles. The molecule has 3 aliphatic rings. The van der Waals surface area contributed by atoms with E-state index in [9.17, 15) is 4.79 Å². The van der Waals surface area contributed by atoms with Crippen molar-refractivity contribution in [1.29, 1.82) is 0 Å². The number of rotatable bonds is 5. The van der Waals surface area contributed by atoms with Crippen molar-refractivity contribution in [1.82, 2.24) is 0 Å². The van der Waals surface area contributed by atoms with Gasteiger partial charge >= 0.3 is 0 Å². The number of carbonyl (C=O) groups is 1. The molecule has 0 heterocycles. The van der Waals surface area contributed by atoms with E-state index in [0.29, 0.717) is 24.0 Å². The lowest BCUT2D eigenvalue weighted by atomic mass is 9.44. The zero-order chi connectivity index (χ0) is 20.7. The zero-order valence-electron chi connectivity index (χ0n) is 18.9. The van der Waals surface area contributed by atoms with E-state index < -0.39 is 5.41 Å². The van der Waals surface area contributed by atoms with Gasteiger partial charge in [0.25, 0.3) is 0 Å². The minimum absolute atomic E-state index is 0.0109. The Kier molecular flexibility index (Phi) is 6.16. The van der Waals surface area contributed by atoms with Crippen molar-refractivity contribution in [2.75, 3.05) is 21.0 Å². The van der Waals surface area contributed by atoms with Gasteiger partial charge in [-0.1, -0.05) is 32.9 Å². The van der Waals surface area contributed by atoms with Crippen molar-refractivity contribution < 1.29 is 19.0 Å². The first-order valence-electron chi connectivity index (χ1n) is 11.0. The van der Waals surface area contributed by atoms with Crippen LogP contribution < -0.4 is 0 Å². The van der Waals surface area contributed by atoms with Gasteiger partial charge in [0.05, 0.1) is 12.2 Å². The van der Waals surface area contributed by atoms with Crippen LogP contribution in [0.2, 0.25) is 0 Å². The third kappa shape index (κ3) is 3.02. The first-order chi connectivity index (χ1) is 13.2. The van der Waals surface area contributed by atoms with E-state index in [1.165, 1.54) is 0 Å². The summed E-state index contributed by atoms with van der Waals surface area (Å²) in [5, 5.41) is 0. The standard InChI is InChI=1S/C24H40O4/c1-8-11-22(4)14-19(28-15-26-6)23(5)16(2)9-12-24(17(3)21(22)25)13-10-18(27-7)20(23)24/h8,11,16-20H,9-10,12-15H2,1-7H3/t16-,17+,18-,19-,20?,22-,23+,24?/m1/s1. The molecule has 0 aromatic rings. The normalized spacial score (nSPS) is 49.1. The third-order valence-corrected chi connectivity index (χ3v) is 9.01. The predicted molar refractivity (Wildman–Crippen MR) is 111 cm³/mol. The van der Waals surface area contributed by atoms with Crippen LogP contribution >= 0.6 is 0 Å². The lowest BCUT2D eigenvalue weighted by molar-refractivity contribution is -0.217. The molecule has 0 aromatic heterocycles. The summed E-state index contributed by atoms with van der Waals surface area (Å²) in [4.78, 5) is 13.9. The Balaban J connectivity index is 2.20. The Morgan fingerprint density at radius 2 is 1.82 bits per heavy atom. The maximum Gasteiger partial charge on any atom is 0.146 e. The van der Waals surface area contributed by atoms with Crippen LogP contribution in [0.25, 0.3) is 0 Å². The predicted octanol–water partition coefficient (Wildman–Crippen LogP) is 5.01. The summed E-state index contributed by atoms with van der Waals surface area (Å²) < 4.78 is 17.7. The van der Waals surface area contributed by atoms with E-state index in [0.717, 1.165) is 25.7 Å². The summed E-state index contributed by atoms with van der Waals surface area (Å²) in [5.41, 5.74) is -0.545. The number of ketones is 1. The van der Waals surface area contributed by atoms with Gasteiger partial charge in [-0.25, -0.2) is 0 Å². The monoisotopic (exact) mass is 392 g/mol. The number of hydrogen-bond donors (Lipinski definition) is 0. The second-order valence-electron chi connectivity index (χ2n) is 10.1. The second-order valence-corrected chi connectivity index (χ2v) is 10.1. The van der Waals surface area contributed by atoms with E-state index >= 15 is 0 Å². The molecule has 8 atom stereocenters. The van der Waals surface area contributed by atoms with Crippen LogP contribution in [-0.4, -0.2) is 39.0 Å². The highest BCUT2D eigenvalue weighted by atomic mass is 16.7. The molecule has 0 aromatic carbocycles. The number of hydrogen-bond acceptors (Lipinski definition) is 4. The van der Waals surface area contributed by atoms with Crippen LogP contribution in [-0.2, 0) is 19.0 Å². The van der Waals surface area contributed by atoms with E-state index in [4.69, 9.17) is 14.2 Å². The largest absolute Gasteiger partial charge is 0.381 e. The van der Waals surface area contributed by atoms with Crippen LogP contribution in [0.1, 0.15) is 66.7 Å². The molecular formula is C24H40O4. The highest BCUT2D eigenvalue weighted by Gasteiger charge is 2.67. The average molecular weight is 393 g/mol. The maximum atomic E-state index is 13.9. The highest BCUT2D eigenvalue weighted by Crippen LogP contribution is 2.68. The van der Waals surface area contributed by atoms with Crippen molar-refractivity contribution in [3.63, 3.8) is 0 Å². The molecule has 4 nitrogen and oxygen atoms in total. The molecule has 0 saturated heterocycles. The lowest BCUT2D eigenvalue weighted by Crippen LogP contribution is -2.62. The van der Waals surface area contributed by atoms with E-state index in [1.807, 2.05) is 20.1 Å². The molecule has 0 N–H and O–H groups in total. The number of Topliss-reactive ketones (excluding diaryl/α,β-unsaturated/α-hetero) is 1. The van der Waals surface area contributed by atoms with E-state index in [2.05, 4.69) is 33.8 Å². The molecule has 0 aliphatic heterocycles. The maximum absolute atomic E-state index is 13.9. The molecule has 3 fully saturated rings. The van der Waals surface area contributed by atoms with Crippen LogP contribution in [0.5, 0.6) is 0 Å². The Hall–Kier alpha value is -0.710.